The first-order chi connectivity index (χ1) is 20.2. The Morgan fingerprint density at radius 1 is 0.366 bits per heavy atom. The molecule has 0 saturated heterocycles. The molecule has 0 aliphatic carbocycles. The molecule has 0 aromatic heterocycles. The van der Waals surface area contributed by atoms with E-state index in [1.54, 1.807) is 0 Å². The topological polar surface area (TPSA) is 29.5 Å². The normalized spacial score (nSPS) is 12.0. The number of quaternary nitrogens is 1. The van der Waals surface area contributed by atoms with Gasteiger partial charge in [-0.15, -0.1) is 0 Å². The molecule has 0 aromatic carbocycles. The molecule has 0 aromatic rings. The van der Waals surface area contributed by atoms with Gasteiger partial charge >= 0.3 is 0 Å². The summed E-state index contributed by atoms with van der Waals surface area (Å²) in [6, 6.07) is 0. The third-order valence-electron chi connectivity index (χ3n) is 9.59. The molecule has 3 heteroatoms. The fourth-order valence-electron chi connectivity index (χ4n) is 6.52. The molecule has 248 valence electrons. The van der Waals surface area contributed by atoms with Gasteiger partial charge in [0.2, 0.25) is 0 Å². The average Bonchev–Trinajstić information content (AvgIpc) is 2.99. The maximum Gasteiger partial charge on any atom is 0.102 e. The van der Waals surface area contributed by atoms with Gasteiger partial charge < -0.3 is 14.3 Å². The summed E-state index contributed by atoms with van der Waals surface area (Å²) >= 11 is 0. The van der Waals surface area contributed by atoms with Crippen LogP contribution in [0.1, 0.15) is 201 Å². The van der Waals surface area contributed by atoms with Crippen LogP contribution in [0, 0.1) is 0 Å². The molecule has 0 aliphatic heterocycles. The Kier molecular flexibility index (Phi) is 34.3. The van der Waals surface area contributed by atoms with Crippen molar-refractivity contribution in [1.29, 1.82) is 0 Å². The van der Waals surface area contributed by atoms with E-state index >= 15 is 0 Å². The molecule has 0 heterocycles. The van der Waals surface area contributed by atoms with Crippen LogP contribution in [0.25, 0.3) is 0 Å². The van der Waals surface area contributed by atoms with Crippen molar-refractivity contribution in [2.45, 2.75) is 201 Å². The van der Waals surface area contributed by atoms with Crippen LogP contribution in [0.15, 0.2) is 0 Å². The van der Waals surface area contributed by atoms with E-state index in [1.165, 1.54) is 204 Å². The number of likely N-dealkylation sites (N-methyl/N-ethyl adjacent to an activating group) is 1. The summed E-state index contributed by atoms with van der Waals surface area (Å²) < 4.78 is 6.95. The maximum absolute atomic E-state index is 9.11. The lowest BCUT2D eigenvalue weighted by atomic mass is 10.0. The number of hydrogen-bond donors (Lipinski definition) is 1. The maximum atomic E-state index is 9.11. The molecule has 0 aliphatic rings. The fraction of sp³-hybridized carbons (Fsp3) is 1.00. The van der Waals surface area contributed by atoms with Gasteiger partial charge in [-0.1, -0.05) is 168 Å². The van der Waals surface area contributed by atoms with E-state index < -0.39 is 0 Å². The van der Waals surface area contributed by atoms with E-state index in [0.717, 1.165) is 13.2 Å². The quantitative estimate of drug-likeness (QED) is 0.0588. The summed E-state index contributed by atoms with van der Waals surface area (Å²) in [6.07, 6.45) is 40.1. The van der Waals surface area contributed by atoms with Crippen LogP contribution in [-0.4, -0.2) is 55.6 Å². The molecule has 0 unspecified atom stereocenters. The zero-order chi connectivity index (χ0) is 30.0. The summed E-state index contributed by atoms with van der Waals surface area (Å²) in [5.74, 6) is 0. The van der Waals surface area contributed by atoms with Gasteiger partial charge in [-0.25, -0.2) is 0 Å². The Hall–Kier alpha value is -0.120. The molecule has 0 atom stereocenters. The zero-order valence-electron chi connectivity index (χ0n) is 29.1. The highest BCUT2D eigenvalue weighted by atomic mass is 16.5. The molecule has 0 rings (SSSR count). The zero-order valence-corrected chi connectivity index (χ0v) is 29.1. The molecule has 0 spiro atoms. The van der Waals surface area contributed by atoms with Crippen molar-refractivity contribution >= 4 is 0 Å². The molecular formula is C38H80NO2+. The lowest BCUT2D eigenvalue weighted by molar-refractivity contribution is -0.927. The second-order valence-corrected chi connectivity index (χ2v) is 13.4. The predicted molar refractivity (Wildman–Crippen MR) is 184 cm³/mol. The lowest BCUT2D eigenvalue weighted by Crippen LogP contribution is -2.51. The number of aliphatic hydroxyl groups is 1. The third-order valence-corrected chi connectivity index (χ3v) is 9.59. The van der Waals surface area contributed by atoms with Crippen molar-refractivity contribution in [2.24, 2.45) is 0 Å². The average molecular weight is 583 g/mol. The summed E-state index contributed by atoms with van der Waals surface area (Å²) in [5.41, 5.74) is 0. The first kappa shape index (κ1) is 40.9. The van der Waals surface area contributed by atoms with Crippen molar-refractivity contribution in [1.82, 2.24) is 0 Å². The molecule has 3 nitrogen and oxygen atoms in total. The van der Waals surface area contributed by atoms with Crippen LogP contribution < -0.4 is 0 Å². The molecule has 0 radical (unpaired) electrons. The molecule has 0 saturated carbocycles. The standard InChI is InChI=1S/C38H80NO2/c1-4-7-9-11-13-15-17-19-21-23-25-27-29-31-33-39(6-3,35-37-41-38-36-40)34-32-30-28-26-24-22-20-18-16-14-12-10-8-5-2/h40H,4-38H2,1-3H3/q+1. The Morgan fingerprint density at radius 2 is 0.659 bits per heavy atom. The Bertz CT molecular complexity index is 437. The molecule has 0 fully saturated rings. The highest BCUT2D eigenvalue weighted by Gasteiger charge is 2.24. The number of ether oxygens (including phenoxy) is 1. The molecule has 0 amide bonds. The Morgan fingerprint density at radius 3 is 0.927 bits per heavy atom. The van der Waals surface area contributed by atoms with E-state index in [0.29, 0.717) is 6.61 Å². The van der Waals surface area contributed by atoms with E-state index in [1.807, 2.05) is 0 Å². The number of nitrogens with zero attached hydrogens (tertiary/aromatic N) is 1. The number of rotatable bonds is 36. The van der Waals surface area contributed by atoms with Gasteiger partial charge in [0.05, 0.1) is 39.5 Å². The fourth-order valence-corrected chi connectivity index (χ4v) is 6.52. The van der Waals surface area contributed by atoms with Crippen LogP contribution >= 0.6 is 0 Å². The lowest BCUT2D eigenvalue weighted by Gasteiger charge is -2.38. The molecular weight excluding hydrogens is 502 g/mol. The minimum atomic E-state index is 0.143. The Balaban J connectivity index is 3.92. The van der Waals surface area contributed by atoms with E-state index in [-0.39, 0.29) is 6.61 Å². The van der Waals surface area contributed by atoms with E-state index in [9.17, 15) is 0 Å². The summed E-state index contributed by atoms with van der Waals surface area (Å²) in [6.45, 7) is 13.4. The Labute approximate surface area is 260 Å². The van der Waals surface area contributed by atoms with Crippen LogP contribution in [0.5, 0.6) is 0 Å². The number of unbranched alkanes of at least 4 members (excludes halogenated alkanes) is 26. The smallest absolute Gasteiger partial charge is 0.102 e. The molecule has 0 bridgehead atoms. The monoisotopic (exact) mass is 583 g/mol. The predicted octanol–water partition coefficient (Wildman–Crippen LogP) is 11.8. The first-order valence-electron chi connectivity index (χ1n) is 19.3. The van der Waals surface area contributed by atoms with Crippen molar-refractivity contribution in [3.63, 3.8) is 0 Å². The van der Waals surface area contributed by atoms with Crippen molar-refractivity contribution in [2.75, 3.05) is 46.0 Å². The van der Waals surface area contributed by atoms with Crippen LogP contribution in [0.4, 0.5) is 0 Å². The van der Waals surface area contributed by atoms with Gasteiger partial charge in [-0.05, 0) is 32.6 Å². The third kappa shape index (κ3) is 29.7. The minimum absolute atomic E-state index is 0.143. The van der Waals surface area contributed by atoms with Crippen LogP contribution in [0.3, 0.4) is 0 Å². The van der Waals surface area contributed by atoms with Crippen molar-refractivity contribution < 1.29 is 14.3 Å². The van der Waals surface area contributed by atoms with Gasteiger partial charge in [-0.2, -0.15) is 0 Å². The first-order valence-corrected chi connectivity index (χ1v) is 19.3. The second kappa shape index (κ2) is 34.4. The molecule has 41 heavy (non-hydrogen) atoms. The number of hydrogen-bond acceptors (Lipinski definition) is 2. The minimum Gasteiger partial charge on any atom is -0.394 e. The number of aliphatic hydroxyl groups excluding tert-OH is 1. The van der Waals surface area contributed by atoms with Crippen LogP contribution in [0.2, 0.25) is 0 Å². The van der Waals surface area contributed by atoms with Crippen LogP contribution in [-0.2, 0) is 4.74 Å². The van der Waals surface area contributed by atoms with E-state index in [2.05, 4.69) is 20.8 Å². The van der Waals surface area contributed by atoms with Gasteiger partial charge in [0, 0.05) is 0 Å². The van der Waals surface area contributed by atoms with Gasteiger partial charge in [0.15, 0.2) is 0 Å². The summed E-state index contributed by atoms with van der Waals surface area (Å²) in [7, 11) is 0. The molecule has 1 N–H and O–H groups in total. The van der Waals surface area contributed by atoms with Crippen molar-refractivity contribution in [3.05, 3.63) is 0 Å². The SMILES string of the molecule is CCCCCCCCCCCCCCCC[N+](CC)(CCCCCCCCCCCCCCCC)CCOCCO. The van der Waals surface area contributed by atoms with Gasteiger partial charge in [0.1, 0.15) is 6.54 Å². The highest BCUT2D eigenvalue weighted by Crippen LogP contribution is 2.18. The highest BCUT2D eigenvalue weighted by molar-refractivity contribution is 4.53. The van der Waals surface area contributed by atoms with Crippen molar-refractivity contribution in [3.8, 4) is 0 Å². The van der Waals surface area contributed by atoms with Gasteiger partial charge in [-0.3, -0.25) is 0 Å². The van der Waals surface area contributed by atoms with E-state index in [4.69, 9.17) is 9.84 Å². The summed E-state index contributed by atoms with van der Waals surface area (Å²) in [5, 5.41) is 9.11. The summed E-state index contributed by atoms with van der Waals surface area (Å²) in [4.78, 5) is 0. The largest absolute Gasteiger partial charge is 0.394 e. The van der Waals surface area contributed by atoms with Gasteiger partial charge in [0.25, 0.3) is 0 Å². The second-order valence-electron chi connectivity index (χ2n) is 13.4.